The van der Waals surface area contributed by atoms with E-state index in [1.54, 1.807) is 6.20 Å². The molecule has 0 aliphatic carbocycles. The van der Waals surface area contributed by atoms with Crippen LogP contribution in [0.5, 0.6) is 0 Å². The summed E-state index contributed by atoms with van der Waals surface area (Å²) in [5, 5.41) is 3.02. The third kappa shape index (κ3) is 4.67. The van der Waals surface area contributed by atoms with Crippen LogP contribution in [0.25, 0.3) is 11.1 Å². The number of hydrogen-bond acceptors (Lipinski definition) is 5. The van der Waals surface area contributed by atoms with Gasteiger partial charge in [-0.3, -0.25) is 9.78 Å². The molecule has 1 aromatic heterocycles. The number of benzene rings is 1. The van der Waals surface area contributed by atoms with Gasteiger partial charge < -0.3 is 10.1 Å². The van der Waals surface area contributed by atoms with Crippen molar-refractivity contribution < 1.29 is 17.9 Å². The van der Waals surface area contributed by atoms with Gasteiger partial charge in [0.1, 0.15) is 0 Å². The zero-order valence-electron chi connectivity index (χ0n) is 16.3. The van der Waals surface area contributed by atoms with E-state index in [0.29, 0.717) is 38.9 Å². The number of nitrogens with zero attached hydrogens (tertiary/aromatic N) is 1. The molecule has 1 amide bonds. The molecule has 0 saturated carbocycles. The Morgan fingerprint density at radius 1 is 1.14 bits per heavy atom. The topological polar surface area (TPSA) is 85.4 Å². The Balaban J connectivity index is 1.50. The lowest BCUT2D eigenvalue weighted by atomic mass is 9.74. The van der Waals surface area contributed by atoms with Crippen LogP contribution in [0.1, 0.15) is 24.8 Å². The quantitative estimate of drug-likeness (QED) is 0.812. The molecule has 154 valence electrons. The van der Waals surface area contributed by atoms with E-state index in [9.17, 15) is 13.2 Å². The second-order valence-electron chi connectivity index (χ2n) is 8.08. The standard InChI is InChI=1S/C22H26N2O4S/c25-21(24-20-7-13-29(26,27)16-20)22(8-11-28-12-9-22)14-17-3-5-18(6-4-17)19-2-1-10-23-15-19/h1-6,10,15,20H,7-9,11-14,16H2,(H,24,25)/t20-/m1/s1. The molecule has 2 saturated heterocycles. The molecule has 2 aliphatic heterocycles. The van der Waals surface area contributed by atoms with Crippen LogP contribution in [0, 0.1) is 5.41 Å². The highest BCUT2D eigenvalue weighted by Gasteiger charge is 2.42. The van der Waals surface area contributed by atoms with Gasteiger partial charge in [-0.15, -0.1) is 0 Å². The predicted molar refractivity (Wildman–Crippen MR) is 111 cm³/mol. The van der Waals surface area contributed by atoms with Crippen LogP contribution in [-0.2, 0) is 25.8 Å². The number of ether oxygens (including phenoxy) is 1. The van der Waals surface area contributed by atoms with Gasteiger partial charge in [0.2, 0.25) is 5.91 Å². The maximum atomic E-state index is 13.2. The van der Waals surface area contributed by atoms with E-state index in [-0.39, 0.29) is 23.5 Å². The van der Waals surface area contributed by atoms with Crippen molar-refractivity contribution in [2.45, 2.75) is 31.7 Å². The van der Waals surface area contributed by atoms with Gasteiger partial charge in [0, 0.05) is 31.6 Å². The largest absolute Gasteiger partial charge is 0.381 e. The molecule has 2 aliphatic rings. The molecule has 1 atom stereocenters. The third-order valence-electron chi connectivity index (χ3n) is 5.99. The highest BCUT2D eigenvalue weighted by molar-refractivity contribution is 7.91. The summed E-state index contributed by atoms with van der Waals surface area (Å²) in [7, 11) is -3.03. The highest BCUT2D eigenvalue weighted by atomic mass is 32.2. The summed E-state index contributed by atoms with van der Waals surface area (Å²) in [6.07, 6.45) is 5.99. The molecule has 1 N–H and O–H groups in total. The number of hydrogen-bond donors (Lipinski definition) is 1. The molecule has 7 heteroatoms. The first-order valence-corrected chi connectivity index (χ1v) is 11.9. The van der Waals surface area contributed by atoms with Crippen LogP contribution in [0.4, 0.5) is 0 Å². The molecule has 0 radical (unpaired) electrons. The number of nitrogens with one attached hydrogen (secondary N) is 1. The van der Waals surface area contributed by atoms with Gasteiger partial charge in [-0.2, -0.15) is 0 Å². The SMILES string of the molecule is O=C(N[C@@H]1CCS(=O)(=O)C1)C1(Cc2ccc(-c3cccnc3)cc2)CCOCC1. The van der Waals surface area contributed by atoms with Crippen molar-refractivity contribution in [2.24, 2.45) is 5.41 Å². The molecular formula is C22H26N2O4S. The number of pyridine rings is 1. The van der Waals surface area contributed by atoms with Crippen molar-refractivity contribution in [3.05, 3.63) is 54.4 Å². The highest BCUT2D eigenvalue weighted by Crippen LogP contribution is 2.35. The van der Waals surface area contributed by atoms with E-state index in [2.05, 4.69) is 34.6 Å². The summed E-state index contributed by atoms with van der Waals surface area (Å²) >= 11 is 0. The fourth-order valence-electron chi connectivity index (χ4n) is 4.23. The Labute approximate surface area is 171 Å². The molecule has 29 heavy (non-hydrogen) atoms. The Hall–Kier alpha value is -2.25. The average Bonchev–Trinajstić information content (AvgIpc) is 3.08. The maximum Gasteiger partial charge on any atom is 0.226 e. The van der Waals surface area contributed by atoms with Crippen LogP contribution in [0.2, 0.25) is 0 Å². The smallest absolute Gasteiger partial charge is 0.226 e. The number of carbonyl (C=O) groups is 1. The van der Waals surface area contributed by atoms with Gasteiger partial charge in [-0.05, 0) is 48.4 Å². The van der Waals surface area contributed by atoms with Crippen LogP contribution >= 0.6 is 0 Å². The van der Waals surface area contributed by atoms with E-state index in [1.165, 1.54) is 0 Å². The first-order valence-electron chi connectivity index (χ1n) is 10.0. The van der Waals surface area contributed by atoms with E-state index in [0.717, 1.165) is 16.7 Å². The van der Waals surface area contributed by atoms with Gasteiger partial charge >= 0.3 is 0 Å². The summed E-state index contributed by atoms with van der Waals surface area (Å²) in [6, 6.07) is 11.9. The molecule has 1 aromatic carbocycles. The van der Waals surface area contributed by atoms with E-state index in [1.807, 2.05) is 18.3 Å². The van der Waals surface area contributed by atoms with Gasteiger partial charge in [0.15, 0.2) is 9.84 Å². The maximum absolute atomic E-state index is 13.2. The van der Waals surface area contributed by atoms with Crippen molar-refractivity contribution in [1.29, 1.82) is 0 Å². The molecule has 6 nitrogen and oxygen atoms in total. The summed E-state index contributed by atoms with van der Waals surface area (Å²) < 4.78 is 29.0. The predicted octanol–water partition coefficient (Wildman–Crippen LogP) is 2.39. The fraction of sp³-hybridized carbons (Fsp3) is 0.455. The third-order valence-corrected chi connectivity index (χ3v) is 7.76. The molecule has 2 aromatic rings. The van der Waals surface area contributed by atoms with Gasteiger partial charge in [0.05, 0.1) is 16.9 Å². The summed E-state index contributed by atoms with van der Waals surface area (Å²) in [5.74, 6) is 0.161. The van der Waals surface area contributed by atoms with Gasteiger partial charge in [0.25, 0.3) is 0 Å². The van der Waals surface area contributed by atoms with E-state index in [4.69, 9.17) is 4.74 Å². The fourth-order valence-corrected chi connectivity index (χ4v) is 5.91. The van der Waals surface area contributed by atoms with Crippen molar-refractivity contribution in [1.82, 2.24) is 10.3 Å². The molecule has 3 heterocycles. The summed E-state index contributed by atoms with van der Waals surface area (Å²) in [5.41, 5.74) is 2.68. The number of sulfone groups is 1. The van der Waals surface area contributed by atoms with Crippen LogP contribution in [-0.4, -0.2) is 50.1 Å². The number of amides is 1. The number of carbonyl (C=O) groups excluding carboxylic acids is 1. The van der Waals surface area contributed by atoms with Crippen molar-refractivity contribution >= 4 is 15.7 Å². The lowest BCUT2D eigenvalue weighted by Crippen LogP contribution is -2.49. The van der Waals surface area contributed by atoms with Crippen molar-refractivity contribution in [3.63, 3.8) is 0 Å². The Kier molecular flexibility index (Phi) is 5.69. The van der Waals surface area contributed by atoms with Crippen LogP contribution in [0.3, 0.4) is 0 Å². The molecular weight excluding hydrogens is 388 g/mol. The zero-order valence-corrected chi connectivity index (χ0v) is 17.2. The summed E-state index contributed by atoms with van der Waals surface area (Å²) in [6.45, 7) is 1.09. The molecule has 0 bridgehead atoms. The number of aromatic nitrogens is 1. The first kappa shape index (κ1) is 20.0. The van der Waals surface area contributed by atoms with E-state index >= 15 is 0 Å². The minimum absolute atomic E-state index is 0.0424. The lowest BCUT2D eigenvalue weighted by Gasteiger charge is -2.36. The first-order chi connectivity index (χ1) is 14.0. The Morgan fingerprint density at radius 3 is 2.52 bits per heavy atom. The zero-order chi connectivity index (χ0) is 20.3. The molecule has 2 fully saturated rings. The van der Waals surface area contributed by atoms with Crippen LogP contribution in [0.15, 0.2) is 48.8 Å². The second-order valence-corrected chi connectivity index (χ2v) is 10.3. The van der Waals surface area contributed by atoms with Crippen LogP contribution < -0.4 is 5.32 Å². The van der Waals surface area contributed by atoms with Gasteiger partial charge in [-0.1, -0.05) is 30.3 Å². The molecule has 0 unspecified atom stereocenters. The van der Waals surface area contributed by atoms with Gasteiger partial charge in [-0.25, -0.2) is 8.42 Å². The van der Waals surface area contributed by atoms with Crippen molar-refractivity contribution in [3.8, 4) is 11.1 Å². The minimum Gasteiger partial charge on any atom is -0.381 e. The monoisotopic (exact) mass is 414 g/mol. The molecule has 4 rings (SSSR count). The summed E-state index contributed by atoms with van der Waals surface area (Å²) in [4.78, 5) is 17.4. The second kappa shape index (κ2) is 8.24. The van der Waals surface area contributed by atoms with E-state index < -0.39 is 15.3 Å². The number of rotatable bonds is 5. The normalized spacial score (nSPS) is 22.8. The molecule has 0 spiro atoms. The Bertz CT molecular complexity index is 952. The minimum atomic E-state index is -3.03. The Morgan fingerprint density at radius 2 is 1.90 bits per heavy atom. The average molecular weight is 415 g/mol. The lowest BCUT2D eigenvalue weighted by molar-refractivity contribution is -0.137. The van der Waals surface area contributed by atoms with Crippen molar-refractivity contribution in [2.75, 3.05) is 24.7 Å².